The van der Waals surface area contributed by atoms with Crippen molar-refractivity contribution < 1.29 is 19.3 Å². The first-order chi connectivity index (χ1) is 9.05. The van der Waals surface area contributed by atoms with Crippen LogP contribution in [0.15, 0.2) is 30.3 Å². The van der Waals surface area contributed by atoms with Crippen LogP contribution in [0.25, 0.3) is 0 Å². The number of aliphatic hydroxyl groups excluding tert-OH is 1. The molecule has 4 nitrogen and oxygen atoms in total. The van der Waals surface area contributed by atoms with Gasteiger partial charge in [0, 0.05) is 13.5 Å². The number of aliphatic hydroxyl groups is 1. The van der Waals surface area contributed by atoms with Crippen LogP contribution >= 0.6 is 0 Å². The van der Waals surface area contributed by atoms with E-state index in [2.05, 4.69) is 0 Å². The average molecular weight is 266 g/mol. The first-order valence-corrected chi connectivity index (χ1v) is 6.59. The predicted octanol–water partition coefficient (Wildman–Crippen LogP) is 2.10. The Balaban J connectivity index is 2.03. The summed E-state index contributed by atoms with van der Waals surface area (Å²) in [5, 5.41) is 10.3. The number of rotatable bonds is 4. The maximum absolute atomic E-state index is 10.3. The van der Waals surface area contributed by atoms with Gasteiger partial charge in [0.2, 0.25) is 0 Å². The molecule has 1 aromatic rings. The van der Waals surface area contributed by atoms with E-state index in [1.807, 2.05) is 44.2 Å². The lowest BCUT2D eigenvalue weighted by Gasteiger charge is -2.44. The van der Waals surface area contributed by atoms with Gasteiger partial charge in [0.25, 0.3) is 0 Å². The van der Waals surface area contributed by atoms with Gasteiger partial charge in [0.15, 0.2) is 6.29 Å². The quantitative estimate of drug-likeness (QED) is 0.906. The summed E-state index contributed by atoms with van der Waals surface area (Å²) in [5.74, 6) is 0. The molecule has 1 fully saturated rings. The number of methoxy groups -OCH3 is 1. The molecule has 0 spiro atoms. The molecule has 1 saturated heterocycles. The minimum Gasteiger partial charge on any atom is -0.387 e. The summed E-state index contributed by atoms with van der Waals surface area (Å²) in [4.78, 5) is 0. The van der Waals surface area contributed by atoms with E-state index in [0.717, 1.165) is 5.56 Å². The Labute approximate surface area is 114 Å². The molecule has 0 radical (unpaired) electrons. The van der Waals surface area contributed by atoms with Gasteiger partial charge in [-0.1, -0.05) is 30.3 Å². The molecule has 19 heavy (non-hydrogen) atoms. The zero-order valence-electron chi connectivity index (χ0n) is 11.7. The van der Waals surface area contributed by atoms with Crippen LogP contribution in [0.2, 0.25) is 0 Å². The van der Waals surface area contributed by atoms with Gasteiger partial charge in [-0.3, -0.25) is 0 Å². The highest BCUT2D eigenvalue weighted by molar-refractivity contribution is 5.13. The molecule has 0 saturated carbocycles. The number of ether oxygens (including phenoxy) is 3. The Bertz CT molecular complexity index is 394. The van der Waals surface area contributed by atoms with Gasteiger partial charge >= 0.3 is 0 Å². The van der Waals surface area contributed by atoms with E-state index in [4.69, 9.17) is 14.2 Å². The van der Waals surface area contributed by atoms with Crippen molar-refractivity contribution in [2.75, 3.05) is 7.11 Å². The third kappa shape index (κ3) is 3.34. The molecule has 106 valence electrons. The van der Waals surface area contributed by atoms with Gasteiger partial charge in [0.1, 0.15) is 6.10 Å². The molecular formula is C15H22O4. The number of benzene rings is 1. The maximum atomic E-state index is 10.3. The molecule has 0 bridgehead atoms. The molecular weight excluding hydrogens is 244 g/mol. The lowest BCUT2D eigenvalue weighted by atomic mass is 9.88. The molecule has 1 aliphatic rings. The Hall–Kier alpha value is -0.940. The van der Waals surface area contributed by atoms with Crippen LogP contribution in [0.4, 0.5) is 0 Å². The normalized spacial score (nSPS) is 35.3. The summed E-state index contributed by atoms with van der Waals surface area (Å²) >= 11 is 0. The van der Waals surface area contributed by atoms with Crippen molar-refractivity contribution >= 4 is 0 Å². The van der Waals surface area contributed by atoms with E-state index in [9.17, 15) is 5.11 Å². The summed E-state index contributed by atoms with van der Waals surface area (Å²) in [6.45, 7) is 4.21. The van der Waals surface area contributed by atoms with Gasteiger partial charge in [0.05, 0.1) is 18.3 Å². The Morgan fingerprint density at radius 2 is 2.05 bits per heavy atom. The van der Waals surface area contributed by atoms with Crippen LogP contribution in [-0.4, -0.2) is 36.3 Å². The fraction of sp³-hybridized carbons (Fsp3) is 0.600. The molecule has 4 atom stereocenters. The van der Waals surface area contributed by atoms with Crippen molar-refractivity contribution in [1.29, 1.82) is 0 Å². The molecule has 0 unspecified atom stereocenters. The molecule has 2 rings (SSSR count). The van der Waals surface area contributed by atoms with E-state index in [0.29, 0.717) is 13.0 Å². The van der Waals surface area contributed by atoms with E-state index in [-0.39, 0.29) is 12.4 Å². The van der Waals surface area contributed by atoms with Crippen molar-refractivity contribution in [1.82, 2.24) is 0 Å². The second-order valence-electron chi connectivity index (χ2n) is 5.24. The van der Waals surface area contributed by atoms with Crippen LogP contribution in [0.5, 0.6) is 0 Å². The Morgan fingerprint density at radius 1 is 1.37 bits per heavy atom. The van der Waals surface area contributed by atoms with E-state index in [1.54, 1.807) is 7.11 Å². The molecule has 1 N–H and O–H groups in total. The number of hydrogen-bond donors (Lipinski definition) is 1. The molecule has 0 aromatic heterocycles. The summed E-state index contributed by atoms with van der Waals surface area (Å²) < 4.78 is 16.7. The second kappa shape index (κ2) is 6.01. The van der Waals surface area contributed by atoms with Gasteiger partial charge in [-0.25, -0.2) is 0 Å². The van der Waals surface area contributed by atoms with Crippen molar-refractivity contribution in [3.63, 3.8) is 0 Å². The summed E-state index contributed by atoms with van der Waals surface area (Å²) in [6.07, 6.45) is -0.789. The smallest absolute Gasteiger partial charge is 0.160 e. The average Bonchev–Trinajstić information content (AvgIpc) is 2.43. The Kier molecular flexibility index (Phi) is 4.58. The zero-order chi connectivity index (χ0) is 13.9. The van der Waals surface area contributed by atoms with Crippen molar-refractivity contribution in [3.8, 4) is 0 Å². The third-order valence-electron chi connectivity index (χ3n) is 3.68. The zero-order valence-corrected chi connectivity index (χ0v) is 11.7. The lowest BCUT2D eigenvalue weighted by Crippen LogP contribution is -2.56. The van der Waals surface area contributed by atoms with E-state index >= 15 is 0 Å². The van der Waals surface area contributed by atoms with Gasteiger partial charge < -0.3 is 19.3 Å². The molecule has 1 aromatic carbocycles. The van der Waals surface area contributed by atoms with Crippen LogP contribution in [0.1, 0.15) is 25.8 Å². The first-order valence-electron chi connectivity index (χ1n) is 6.59. The molecule has 4 heteroatoms. The van der Waals surface area contributed by atoms with Crippen molar-refractivity contribution in [2.45, 2.75) is 51.0 Å². The van der Waals surface area contributed by atoms with E-state index in [1.165, 1.54) is 0 Å². The highest BCUT2D eigenvalue weighted by Crippen LogP contribution is 2.33. The lowest BCUT2D eigenvalue weighted by molar-refractivity contribution is -0.279. The molecule has 1 heterocycles. The minimum absolute atomic E-state index is 0.306. The van der Waals surface area contributed by atoms with Gasteiger partial charge in [-0.05, 0) is 19.4 Å². The Morgan fingerprint density at radius 3 is 2.68 bits per heavy atom. The standard InChI is InChI=1S/C15H22O4/c1-11-14(16)15(2,9-13(17-3)19-11)18-10-12-7-5-4-6-8-12/h4-8,11,13-14,16H,9-10H2,1-3H3/t11-,13-,14+,15+/m0/s1. The van der Waals surface area contributed by atoms with Gasteiger partial charge in [-0.15, -0.1) is 0 Å². The number of hydrogen-bond acceptors (Lipinski definition) is 4. The fourth-order valence-corrected chi connectivity index (χ4v) is 2.42. The van der Waals surface area contributed by atoms with Crippen LogP contribution < -0.4 is 0 Å². The predicted molar refractivity (Wildman–Crippen MR) is 71.6 cm³/mol. The van der Waals surface area contributed by atoms with Gasteiger partial charge in [-0.2, -0.15) is 0 Å². The third-order valence-corrected chi connectivity index (χ3v) is 3.68. The van der Waals surface area contributed by atoms with Crippen LogP contribution in [-0.2, 0) is 20.8 Å². The summed E-state index contributed by atoms with van der Waals surface area (Å²) in [7, 11) is 1.60. The van der Waals surface area contributed by atoms with Crippen LogP contribution in [0.3, 0.4) is 0 Å². The van der Waals surface area contributed by atoms with Crippen LogP contribution in [0, 0.1) is 0 Å². The highest BCUT2D eigenvalue weighted by Gasteiger charge is 2.45. The first kappa shape index (κ1) is 14.5. The largest absolute Gasteiger partial charge is 0.387 e. The molecule has 1 aliphatic heterocycles. The SMILES string of the molecule is CO[C@@H]1C[C@@](C)(OCc2ccccc2)[C@H](O)[C@H](C)O1. The monoisotopic (exact) mass is 266 g/mol. The summed E-state index contributed by atoms with van der Waals surface area (Å²) in [5.41, 5.74) is 0.429. The molecule has 0 aliphatic carbocycles. The van der Waals surface area contributed by atoms with Crippen molar-refractivity contribution in [2.24, 2.45) is 0 Å². The highest BCUT2D eigenvalue weighted by atomic mass is 16.7. The minimum atomic E-state index is -0.664. The van der Waals surface area contributed by atoms with E-state index < -0.39 is 11.7 Å². The maximum Gasteiger partial charge on any atom is 0.160 e. The molecule has 0 amide bonds. The summed E-state index contributed by atoms with van der Waals surface area (Å²) in [6, 6.07) is 9.93. The topological polar surface area (TPSA) is 47.9 Å². The van der Waals surface area contributed by atoms with Crippen molar-refractivity contribution in [3.05, 3.63) is 35.9 Å². The second-order valence-corrected chi connectivity index (χ2v) is 5.24. The fourth-order valence-electron chi connectivity index (χ4n) is 2.42.